The maximum Gasteiger partial charge on any atom is 0.0548 e. The third kappa shape index (κ3) is 6.70. The van der Waals surface area contributed by atoms with Crippen molar-refractivity contribution in [3.8, 4) is 0 Å². The van der Waals surface area contributed by atoms with Gasteiger partial charge in [0.05, 0.1) is 5.97 Å². The van der Waals surface area contributed by atoms with Gasteiger partial charge >= 0.3 is 0 Å². The lowest BCUT2D eigenvalue weighted by molar-refractivity contribution is -0.304. The highest BCUT2D eigenvalue weighted by molar-refractivity contribution is 8.03. The van der Waals surface area contributed by atoms with E-state index in [-0.39, 0.29) is 0 Å². The van der Waals surface area contributed by atoms with Crippen LogP contribution in [-0.4, -0.2) is 11.2 Å². The lowest BCUT2D eigenvalue weighted by Crippen LogP contribution is -2.33. The van der Waals surface area contributed by atoms with Gasteiger partial charge in [0.25, 0.3) is 0 Å². The smallest absolute Gasteiger partial charge is 0.0548 e. The van der Waals surface area contributed by atoms with Crippen LogP contribution in [0.4, 0.5) is 0 Å². The molecule has 0 rings (SSSR count). The Bertz CT molecular complexity index is 157. The lowest BCUT2D eigenvalue weighted by Gasteiger charge is -2.14. The second-order valence-corrected chi connectivity index (χ2v) is 4.13. The second kappa shape index (κ2) is 8.17. The van der Waals surface area contributed by atoms with Crippen molar-refractivity contribution >= 4 is 17.7 Å². The zero-order valence-electron chi connectivity index (χ0n) is 8.12. The Morgan fingerprint density at radius 3 is 2.69 bits per heavy atom. The molecule has 0 saturated carbocycles. The molecule has 1 atom stereocenters. The quantitative estimate of drug-likeness (QED) is 0.563. The first-order valence-corrected chi connectivity index (χ1v) is 5.63. The van der Waals surface area contributed by atoms with Gasteiger partial charge in [0.1, 0.15) is 0 Å². The summed E-state index contributed by atoms with van der Waals surface area (Å²) in [5.74, 6) is -0.971. The molecular formula is C10H17O2S-. The summed E-state index contributed by atoms with van der Waals surface area (Å²) in [6, 6.07) is 0. The van der Waals surface area contributed by atoms with Crippen LogP contribution >= 0.6 is 11.8 Å². The molecule has 13 heavy (non-hydrogen) atoms. The average molecular weight is 201 g/mol. The Morgan fingerprint density at radius 1 is 1.54 bits per heavy atom. The van der Waals surface area contributed by atoms with Gasteiger partial charge in [-0.25, -0.2) is 0 Å². The number of rotatable bonds is 8. The second-order valence-electron chi connectivity index (χ2n) is 2.96. The van der Waals surface area contributed by atoms with Crippen molar-refractivity contribution in [2.45, 2.75) is 44.3 Å². The molecule has 0 aliphatic heterocycles. The summed E-state index contributed by atoms with van der Waals surface area (Å²) >= 11 is 1.24. The van der Waals surface area contributed by atoms with E-state index in [9.17, 15) is 9.90 Å². The molecule has 0 radical (unpaired) electrons. The fourth-order valence-electron chi connectivity index (χ4n) is 1.11. The zero-order valence-corrected chi connectivity index (χ0v) is 8.94. The number of thioether (sulfide) groups is 1. The minimum Gasteiger partial charge on any atom is -0.549 e. The third-order valence-corrected chi connectivity index (χ3v) is 2.79. The SMILES string of the molecule is C=CSC(CCCCCC)C(=O)[O-]. The molecule has 0 N–H and O–H groups in total. The predicted molar refractivity (Wildman–Crippen MR) is 55.3 cm³/mol. The number of hydrogen-bond donors (Lipinski definition) is 0. The van der Waals surface area contributed by atoms with Crippen LogP contribution in [0.1, 0.15) is 39.0 Å². The van der Waals surface area contributed by atoms with Crippen LogP contribution in [0.5, 0.6) is 0 Å². The van der Waals surface area contributed by atoms with Gasteiger partial charge < -0.3 is 9.90 Å². The number of carboxylic acids is 1. The molecule has 1 unspecified atom stereocenters. The van der Waals surface area contributed by atoms with E-state index >= 15 is 0 Å². The van der Waals surface area contributed by atoms with Crippen LogP contribution in [0, 0.1) is 0 Å². The van der Waals surface area contributed by atoms with E-state index in [1.54, 1.807) is 5.41 Å². The molecule has 3 heteroatoms. The standard InChI is InChI=1S/C10H18O2S/c1-3-5-6-7-8-9(10(11)12)13-4-2/h4,9H,2-3,5-8H2,1H3,(H,11,12)/p-1. The van der Waals surface area contributed by atoms with Crippen molar-refractivity contribution in [2.75, 3.05) is 0 Å². The van der Waals surface area contributed by atoms with Gasteiger partial charge in [-0.15, -0.1) is 11.8 Å². The molecule has 0 aromatic rings. The first kappa shape index (κ1) is 12.6. The summed E-state index contributed by atoms with van der Waals surface area (Å²) in [5, 5.41) is 11.7. The van der Waals surface area contributed by atoms with Gasteiger partial charge in [-0.1, -0.05) is 39.2 Å². The molecule has 2 nitrogen and oxygen atoms in total. The van der Waals surface area contributed by atoms with Crippen molar-refractivity contribution < 1.29 is 9.90 Å². The first-order valence-electron chi connectivity index (χ1n) is 4.69. The topological polar surface area (TPSA) is 40.1 Å². The summed E-state index contributed by atoms with van der Waals surface area (Å²) in [7, 11) is 0. The molecule has 0 aromatic heterocycles. The summed E-state index contributed by atoms with van der Waals surface area (Å²) in [6.07, 6.45) is 5.12. The van der Waals surface area contributed by atoms with Crippen LogP contribution in [0.25, 0.3) is 0 Å². The van der Waals surface area contributed by atoms with E-state index in [2.05, 4.69) is 13.5 Å². The first-order chi connectivity index (χ1) is 6.22. The molecule has 0 bridgehead atoms. The molecule has 0 aliphatic carbocycles. The minimum atomic E-state index is -0.971. The maximum atomic E-state index is 10.6. The van der Waals surface area contributed by atoms with Gasteiger partial charge in [-0.2, -0.15) is 0 Å². The highest BCUT2D eigenvalue weighted by Crippen LogP contribution is 2.18. The molecule has 0 aliphatic rings. The molecule has 0 heterocycles. The van der Waals surface area contributed by atoms with Crippen molar-refractivity contribution in [2.24, 2.45) is 0 Å². The van der Waals surface area contributed by atoms with Crippen molar-refractivity contribution in [3.63, 3.8) is 0 Å². The van der Waals surface area contributed by atoms with E-state index in [4.69, 9.17) is 0 Å². The van der Waals surface area contributed by atoms with Crippen LogP contribution in [0.2, 0.25) is 0 Å². The van der Waals surface area contributed by atoms with E-state index in [1.807, 2.05) is 0 Å². The Kier molecular flexibility index (Phi) is 7.90. The van der Waals surface area contributed by atoms with Crippen molar-refractivity contribution in [1.82, 2.24) is 0 Å². The van der Waals surface area contributed by atoms with Crippen LogP contribution in [0.15, 0.2) is 12.0 Å². The highest BCUT2D eigenvalue weighted by atomic mass is 32.2. The number of carbonyl (C=O) groups is 1. The summed E-state index contributed by atoms with van der Waals surface area (Å²) < 4.78 is 0. The van der Waals surface area contributed by atoms with Gasteiger partial charge in [-0.05, 0) is 11.8 Å². The number of carbonyl (C=O) groups excluding carboxylic acids is 1. The zero-order chi connectivity index (χ0) is 10.1. The fourth-order valence-corrected chi connectivity index (χ4v) is 1.76. The van der Waals surface area contributed by atoms with Crippen molar-refractivity contribution in [1.29, 1.82) is 0 Å². The summed E-state index contributed by atoms with van der Waals surface area (Å²) in [4.78, 5) is 10.6. The maximum absolute atomic E-state index is 10.6. The third-order valence-electron chi connectivity index (χ3n) is 1.84. The Morgan fingerprint density at radius 2 is 2.23 bits per heavy atom. The normalized spacial score (nSPS) is 12.4. The summed E-state index contributed by atoms with van der Waals surface area (Å²) in [5.41, 5.74) is 0. The van der Waals surface area contributed by atoms with Gasteiger partial charge in [-0.3, -0.25) is 0 Å². The Labute approximate surface area is 84.4 Å². The van der Waals surface area contributed by atoms with E-state index in [1.165, 1.54) is 24.6 Å². The molecule has 0 saturated heterocycles. The van der Waals surface area contributed by atoms with Gasteiger partial charge in [0.15, 0.2) is 0 Å². The fraction of sp³-hybridized carbons (Fsp3) is 0.700. The minimum absolute atomic E-state index is 0.408. The van der Waals surface area contributed by atoms with Crippen LogP contribution in [0.3, 0.4) is 0 Å². The van der Waals surface area contributed by atoms with Gasteiger partial charge in [0, 0.05) is 5.25 Å². The van der Waals surface area contributed by atoms with E-state index < -0.39 is 11.2 Å². The van der Waals surface area contributed by atoms with Crippen molar-refractivity contribution in [3.05, 3.63) is 12.0 Å². The molecule has 0 spiro atoms. The van der Waals surface area contributed by atoms with Gasteiger partial charge in [0.2, 0.25) is 0 Å². The van der Waals surface area contributed by atoms with Crippen LogP contribution in [-0.2, 0) is 4.79 Å². The number of aliphatic carboxylic acids is 1. The Hall–Kier alpha value is -0.440. The van der Waals surface area contributed by atoms with E-state index in [0.717, 1.165) is 12.8 Å². The molecule has 0 fully saturated rings. The largest absolute Gasteiger partial charge is 0.549 e. The average Bonchev–Trinajstić information content (AvgIpc) is 2.10. The molecule has 0 aromatic carbocycles. The molecule has 76 valence electrons. The summed E-state index contributed by atoms with van der Waals surface area (Å²) in [6.45, 7) is 5.63. The Balaban J connectivity index is 3.56. The monoisotopic (exact) mass is 201 g/mol. The number of hydrogen-bond acceptors (Lipinski definition) is 3. The molecule has 0 amide bonds. The van der Waals surface area contributed by atoms with E-state index in [0.29, 0.717) is 6.42 Å². The highest BCUT2D eigenvalue weighted by Gasteiger charge is 2.07. The number of carboxylic acid groups (broad SMARTS) is 1. The number of unbranched alkanes of at least 4 members (excludes halogenated alkanes) is 3. The lowest BCUT2D eigenvalue weighted by atomic mass is 10.1. The predicted octanol–water partition coefficient (Wildman–Crippen LogP) is 1.95. The van der Waals surface area contributed by atoms with Crippen LogP contribution < -0.4 is 5.11 Å². The molecular weight excluding hydrogens is 184 g/mol.